The van der Waals surface area contributed by atoms with Gasteiger partial charge in [-0.2, -0.15) is 0 Å². The molecule has 0 aromatic rings. The predicted molar refractivity (Wildman–Crippen MR) is 66.1 cm³/mol. The Morgan fingerprint density at radius 1 is 1.00 bits per heavy atom. The Morgan fingerprint density at radius 3 is 2.00 bits per heavy atom. The third kappa shape index (κ3) is 11.2. The first kappa shape index (κ1) is 13.2. The van der Waals surface area contributed by atoms with Crippen LogP contribution in [0.25, 0.3) is 0 Å². The molecular weight excluding hydrogens is 331 g/mol. The van der Waals surface area contributed by atoms with Crippen molar-refractivity contribution in [3.05, 3.63) is 0 Å². The maximum atomic E-state index is 8.97. The summed E-state index contributed by atoms with van der Waals surface area (Å²) in [5, 5.41) is 10.1. The largest absolute Gasteiger partial charge is 0.383 e. The lowest BCUT2D eigenvalue weighted by Crippen LogP contribution is -1.93. The summed E-state index contributed by atoms with van der Waals surface area (Å²) in [6.07, 6.45) is 8.74. The van der Waals surface area contributed by atoms with E-state index in [1.807, 2.05) is 0 Å². The summed E-state index contributed by atoms with van der Waals surface area (Å²) in [5.74, 6) is 0. The van der Waals surface area contributed by atoms with Crippen LogP contribution >= 0.6 is 38.5 Å². The third-order valence-electron chi connectivity index (χ3n) is 1.83. The molecule has 0 radical (unpaired) electrons. The van der Waals surface area contributed by atoms with E-state index < -0.39 is 0 Å². The van der Waals surface area contributed by atoms with E-state index in [2.05, 4.69) is 38.5 Å². The van der Waals surface area contributed by atoms with Gasteiger partial charge < -0.3 is 5.11 Å². The summed E-state index contributed by atoms with van der Waals surface area (Å²) in [5.41, 5.74) is 0. The number of unbranched alkanes of at least 4 members (excludes halogenated alkanes) is 5. The van der Waals surface area contributed by atoms with Crippen LogP contribution in [-0.4, -0.2) is 14.5 Å². The maximum Gasteiger partial charge on any atom is 0.105 e. The second kappa shape index (κ2) is 10.3. The molecular formula is C9H18BrIO. The highest BCUT2D eigenvalue weighted by molar-refractivity contribution is 14.1. The summed E-state index contributed by atoms with van der Waals surface area (Å²) < 4.78 is -0.134. The quantitative estimate of drug-likeness (QED) is 0.401. The summed E-state index contributed by atoms with van der Waals surface area (Å²) in [6, 6.07) is 0. The Bertz CT molecular complexity index is 88.6. The normalized spacial score (nSPS) is 13.2. The summed E-state index contributed by atoms with van der Waals surface area (Å²) in [7, 11) is 0. The van der Waals surface area contributed by atoms with Crippen molar-refractivity contribution in [2.24, 2.45) is 0 Å². The lowest BCUT2D eigenvalue weighted by Gasteiger charge is -2.02. The summed E-state index contributed by atoms with van der Waals surface area (Å²) >= 11 is 5.48. The minimum absolute atomic E-state index is 0.134. The lowest BCUT2D eigenvalue weighted by atomic mass is 10.1. The zero-order valence-corrected chi connectivity index (χ0v) is 11.2. The molecule has 1 unspecified atom stereocenters. The molecule has 0 aromatic heterocycles. The van der Waals surface area contributed by atoms with Crippen molar-refractivity contribution >= 4 is 38.5 Å². The van der Waals surface area contributed by atoms with Crippen LogP contribution < -0.4 is 0 Å². The van der Waals surface area contributed by atoms with Crippen LogP contribution in [0.3, 0.4) is 0 Å². The number of aliphatic hydroxyl groups excluding tert-OH is 1. The van der Waals surface area contributed by atoms with Crippen molar-refractivity contribution in [3.8, 4) is 0 Å². The molecule has 0 aliphatic heterocycles. The number of halogens is 2. The smallest absolute Gasteiger partial charge is 0.105 e. The van der Waals surface area contributed by atoms with Crippen LogP contribution in [0.5, 0.6) is 0 Å². The molecule has 0 bridgehead atoms. The van der Waals surface area contributed by atoms with Crippen molar-refractivity contribution in [2.45, 2.75) is 49.1 Å². The van der Waals surface area contributed by atoms with Crippen molar-refractivity contribution in [1.29, 1.82) is 0 Å². The van der Waals surface area contributed by atoms with Crippen molar-refractivity contribution < 1.29 is 5.11 Å². The zero-order chi connectivity index (χ0) is 9.23. The molecule has 0 heterocycles. The number of rotatable bonds is 8. The third-order valence-corrected chi connectivity index (χ3v) is 3.01. The van der Waals surface area contributed by atoms with Gasteiger partial charge in [0.2, 0.25) is 0 Å². The molecule has 0 saturated carbocycles. The van der Waals surface area contributed by atoms with Gasteiger partial charge in [0.25, 0.3) is 0 Å². The van der Waals surface area contributed by atoms with Crippen LogP contribution in [0.1, 0.15) is 44.9 Å². The molecule has 12 heavy (non-hydrogen) atoms. The number of aliphatic hydroxyl groups is 1. The van der Waals surface area contributed by atoms with Gasteiger partial charge in [-0.25, -0.2) is 0 Å². The summed E-state index contributed by atoms with van der Waals surface area (Å²) in [6.45, 7) is 0. The van der Waals surface area contributed by atoms with Crippen molar-refractivity contribution in [2.75, 3.05) is 5.33 Å². The first-order valence-corrected chi connectivity index (χ1v) is 7.02. The van der Waals surface area contributed by atoms with E-state index in [1.54, 1.807) is 0 Å². The topological polar surface area (TPSA) is 20.2 Å². The van der Waals surface area contributed by atoms with Gasteiger partial charge in [-0.05, 0) is 12.8 Å². The Kier molecular flexibility index (Phi) is 11.3. The molecule has 0 aliphatic carbocycles. The van der Waals surface area contributed by atoms with Gasteiger partial charge in [-0.15, -0.1) is 0 Å². The average Bonchev–Trinajstić information content (AvgIpc) is 2.02. The number of alkyl halides is 2. The van der Waals surface area contributed by atoms with Crippen LogP contribution in [0.2, 0.25) is 0 Å². The van der Waals surface area contributed by atoms with E-state index in [0.29, 0.717) is 0 Å². The second-order valence-corrected chi connectivity index (χ2v) is 5.26. The van der Waals surface area contributed by atoms with Gasteiger partial charge in [-0.3, -0.25) is 0 Å². The average molecular weight is 349 g/mol. The molecule has 3 heteroatoms. The first-order valence-electron chi connectivity index (χ1n) is 4.65. The lowest BCUT2D eigenvalue weighted by molar-refractivity contribution is 0.263. The minimum atomic E-state index is -0.134. The molecule has 1 N–H and O–H groups in total. The van der Waals surface area contributed by atoms with E-state index in [-0.39, 0.29) is 4.11 Å². The van der Waals surface area contributed by atoms with Gasteiger partial charge in [0.15, 0.2) is 0 Å². The Morgan fingerprint density at radius 2 is 1.50 bits per heavy atom. The van der Waals surface area contributed by atoms with Crippen molar-refractivity contribution in [1.82, 2.24) is 0 Å². The second-order valence-electron chi connectivity index (χ2n) is 3.03. The van der Waals surface area contributed by atoms with E-state index >= 15 is 0 Å². The Labute approximate surface area is 97.6 Å². The van der Waals surface area contributed by atoms with Gasteiger partial charge in [0.1, 0.15) is 4.11 Å². The first-order chi connectivity index (χ1) is 5.77. The zero-order valence-electron chi connectivity index (χ0n) is 7.44. The molecule has 0 amide bonds. The van der Waals surface area contributed by atoms with Crippen LogP contribution in [-0.2, 0) is 0 Å². The number of hydrogen-bond acceptors (Lipinski definition) is 1. The van der Waals surface area contributed by atoms with Gasteiger partial charge in [0, 0.05) is 5.33 Å². The standard InChI is InChI=1S/C9H18BrIO/c10-8-6-4-2-1-3-5-7-9(11)12/h9,12H,1-8H2. The van der Waals surface area contributed by atoms with E-state index in [4.69, 9.17) is 5.11 Å². The van der Waals surface area contributed by atoms with Crippen LogP contribution in [0, 0.1) is 0 Å². The van der Waals surface area contributed by atoms with Gasteiger partial charge >= 0.3 is 0 Å². The van der Waals surface area contributed by atoms with Crippen LogP contribution in [0.15, 0.2) is 0 Å². The molecule has 0 rings (SSSR count). The van der Waals surface area contributed by atoms with E-state index in [0.717, 1.165) is 11.8 Å². The molecule has 0 saturated heterocycles. The highest BCUT2D eigenvalue weighted by atomic mass is 127. The molecule has 74 valence electrons. The fraction of sp³-hybridized carbons (Fsp3) is 1.00. The fourth-order valence-electron chi connectivity index (χ4n) is 1.11. The summed E-state index contributed by atoms with van der Waals surface area (Å²) in [4.78, 5) is 0. The Balaban J connectivity index is 2.82. The Hall–Kier alpha value is 1.17. The maximum absolute atomic E-state index is 8.97. The highest BCUT2D eigenvalue weighted by Crippen LogP contribution is 2.11. The van der Waals surface area contributed by atoms with Gasteiger partial charge in [-0.1, -0.05) is 70.6 Å². The van der Waals surface area contributed by atoms with Crippen molar-refractivity contribution in [3.63, 3.8) is 0 Å². The fourth-order valence-corrected chi connectivity index (χ4v) is 1.95. The molecule has 0 aliphatic rings. The molecule has 0 aromatic carbocycles. The highest BCUT2D eigenvalue weighted by Gasteiger charge is 1.96. The minimum Gasteiger partial charge on any atom is -0.383 e. The van der Waals surface area contributed by atoms with Gasteiger partial charge in [0.05, 0.1) is 0 Å². The molecule has 1 nitrogen and oxygen atoms in total. The van der Waals surface area contributed by atoms with Crippen LogP contribution in [0.4, 0.5) is 0 Å². The van der Waals surface area contributed by atoms with E-state index in [9.17, 15) is 0 Å². The SMILES string of the molecule is OC(I)CCCCCCCCBr. The molecule has 0 spiro atoms. The monoisotopic (exact) mass is 348 g/mol. The molecule has 0 fully saturated rings. The number of hydrogen-bond donors (Lipinski definition) is 1. The predicted octanol–water partition coefficient (Wildman–Crippen LogP) is 3.87. The molecule has 1 atom stereocenters. The van der Waals surface area contributed by atoms with E-state index in [1.165, 1.54) is 38.5 Å².